The summed E-state index contributed by atoms with van der Waals surface area (Å²) in [6.45, 7) is 3.87. The van der Waals surface area contributed by atoms with Crippen molar-refractivity contribution >= 4 is 34.7 Å². The Morgan fingerprint density at radius 1 is 1.08 bits per heavy atom. The quantitative estimate of drug-likeness (QED) is 0.698. The Hall–Kier alpha value is -2.47. The highest BCUT2D eigenvalue weighted by Gasteiger charge is 2.14. The third kappa shape index (κ3) is 5.83. The molecule has 0 radical (unpaired) electrons. The maximum atomic E-state index is 12.2. The van der Waals surface area contributed by atoms with E-state index < -0.39 is 5.97 Å². The second kappa shape index (κ2) is 8.58. The number of benzene rings is 1. The number of carbonyl (C=O) groups is 3. The predicted molar refractivity (Wildman–Crippen MR) is 98.4 cm³/mol. The van der Waals surface area contributed by atoms with Crippen LogP contribution in [0.2, 0.25) is 0 Å². The van der Waals surface area contributed by atoms with Gasteiger partial charge in [0.25, 0.3) is 0 Å². The Balaban J connectivity index is 1.87. The van der Waals surface area contributed by atoms with Crippen LogP contribution < -0.4 is 5.32 Å². The first-order valence-electron chi connectivity index (χ1n) is 8.06. The smallest absolute Gasteiger partial charge is 0.303 e. The van der Waals surface area contributed by atoms with Gasteiger partial charge in [-0.1, -0.05) is 12.1 Å². The van der Waals surface area contributed by atoms with Gasteiger partial charge in [0, 0.05) is 40.3 Å². The number of carboxylic acid groups (broad SMARTS) is 1. The van der Waals surface area contributed by atoms with Crippen LogP contribution in [-0.4, -0.2) is 22.8 Å². The zero-order valence-electron chi connectivity index (χ0n) is 14.3. The van der Waals surface area contributed by atoms with E-state index >= 15 is 0 Å². The summed E-state index contributed by atoms with van der Waals surface area (Å²) >= 11 is 1.58. The van der Waals surface area contributed by atoms with E-state index in [0.29, 0.717) is 17.7 Å². The minimum Gasteiger partial charge on any atom is -0.481 e. The lowest BCUT2D eigenvalue weighted by molar-refractivity contribution is -0.137. The molecule has 0 aliphatic rings. The summed E-state index contributed by atoms with van der Waals surface area (Å²) in [7, 11) is 0. The van der Waals surface area contributed by atoms with Gasteiger partial charge in [-0.3, -0.25) is 14.4 Å². The Bertz CT molecular complexity index is 794. The largest absolute Gasteiger partial charge is 0.481 e. The fourth-order valence-corrected chi connectivity index (χ4v) is 3.49. The first-order valence-corrected chi connectivity index (χ1v) is 8.87. The van der Waals surface area contributed by atoms with Crippen LogP contribution in [-0.2, 0) is 16.0 Å². The number of ketones is 1. The van der Waals surface area contributed by atoms with Crippen LogP contribution in [0, 0.1) is 13.8 Å². The molecule has 25 heavy (non-hydrogen) atoms. The lowest BCUT2D eigenvalue weighted by Crippen LogP contribution is -2.13. The van der Waals surface area contributed by atoms with Gasteiger partial charge in [0.05, 0.1) is 0 Å². The standard InChI is InChI=1S/C19H21NO4S/c1-12-10-16(13(2)25-12)17(21)7-8-18(22)20-15-5-3-4-14(11-15)6-9-19(23)24/h3-5,10-11H,6-9H2,1-2H3,(H,20,22)(H,23,24). The number of carboxylic acids is 1. The van der Waals surface area contributed by atoms with Crippen molar-refractivity contribution in [3.05, 3.63) is 51.2 Å². The van der Waals surface area contributed by atoms with E-state index in [1.807, 2.05) is 26.0 Å². The molecule has 0 aliphatic carbocycles. The first-order chi connectivity index (χ1) is 11.8. The zero-order valence-corrected chi connectivity index (χ0v) is 15.1. The van der Waals surface area contributed by atoms with E-state index in [0.717, 1.165) is 15.3 Å². The topological polar surface area (TPSA) is 83.5 Å². The van der Waals surface area contributed by atoms with Crippen molar-refractivity contribution in [2.75, 3.05) is 5.32 Å². The Kier molecular flexibility index (Phi) is 6.47. The third-order valence-electron chi connectivity index (χ3n) is 3.76. The number of hydrogen-bond donors (Lipinski definition) is 2. The lowest BCUT2D eigenvalue weighted by atomic mass is 10.1. The SMILES string of the molecule is Cc1cc(C(=O)CCC(=O)Nc2cccc(CCC(=O)O)c2)c(C)s1. The van der Waals surface area contributed by atoms with Gasteiger partial charge < -0.3 is 10.4 Å². The monoisotopic (exact) mass is 359 g/mol. The molecule has 2 N–H and O–H groups in total. The van der Waals surface area contributed by atoms with Gasteiger partial charge in [0.1, 0.15) is 0 Å². The van der Waals surface area contributed by atoms with Crippen molar-refractivity contribution in [1.82, 2.24) is 0 Å². The molecule has 0 saturated carbocycles. The van der Waals surface area contributed by atoms with Gasteiger partial charge >= 0.3 is 5.97 Å². The summed E-state index contributed by atoms with van der Waals surface area (Å²) in [6, 6.07) is 8.97. The van der Waals surface area contributed by atoms with E-state index in [9.17, 15) is 14.4 Å². The molecule has 6 heteroatoms. The van der Waals surface area contributed by atoms with Crippen LogP contribution in [0.4, 0.5) is 5.69 Å². The number of nitrogens with one attached hydrogen (secondary N) is 1. The van der Waals surface area contributed by atoms with E-state index in [4.69, 9.17) is 5.11 Å². The van der Waals surface area contributed by atoms with Crippen LogP contribution in [0.25, 0.3) is 0 Å². The van der Waals surface area contributed by atoms with Gasteiger partial charge in [0.2, 0.25) is 5.91 Å². The van der Waals surface area contributed by atoms with Crippen LogP contribution in [0.5, 0.6) is 0 Å². The number of Topliss-reactive ketones (excluding diaryl/α,β-unsaturated/α-hetero) is 1. The normalized spacial score (nSPS) is 10.5. The number of aliphatic carboxylic acids is 1. The summed E-state index contributed by atoms with van der Waals surface area (Å²) in [5.74, 6) is -1.10. The van der Waals surface area contributed by atoms with Gasteiger partial charge in [-0.05, 0) is 44.0 Å². The summed E-state index contributed by atoms with van der Waals surface area (Å²) < 4.78 is 0. The van der Waals surface area contributed by atoms with Crippen molar-refractivity contribution in [3.63, 3.8) is 0 Å². The van der Waals surface area contributed by atoms with E-state index in [1.54, 1.807) is 29.5 Å². The van der Waals surface area contributed by atoms with Crippen molar-refractivity contribution in [3.8, 4) is 0 Å². The highest BCUT2D eigenvalue weighted by molar-refractivity contribution is 7.12. The molecule has 1 aromatic heterocycles. The number of hydrogen-bond acceptors (Lipinski definition) is 4. The highest BCUT2D eigenvalue weighted by atomic mass is 32.1. The minimum atomic E-state index is -0.855. The van der Waals surface area contributed by atoms with Crippen molar-refractivity contribution in [1.29, 1.82) is 0 Å². The van der Waals surface area contributed by atoms with Crippen LogP contribution >= 0.6 is 11.3 Å². The minimum absolute atomic E-state index is 0.0211. The highest BCUT2D eigenvalue weighted by Crippen LogP contribution is 2.22. The lowest BCUT2D eigenvalue weighted by Gasteiger charge is -2.07. The first kappa shape index (κ1) is 18.9. The fraction of sp³-hybridized carbons (Fsp3) is 0.316. The van der Waals surface area contributed by atoms with Crippen molar-refractivity contribution < 1.29 is 19.5 Å². The Morgan fingerprint density at radius 2 is 1.84 bits per heavy atom. The average molecular weight is 359 g/mol. The van der Waals surface area contributed by atoms with Crippen LogP contribution in [0.3, 0.4) is 0 Å². The van der Waals surface area contributed by atoms with E-state index in [1.165, 1.54) is 0 Å². The van der Waals surface area contributed by atoms with Crippen LogP contribution in [0.15, 0.2) is 30.3 Å². The molecule has 132 valence electrons. The molecule has 0 unspecified atom stereocenters. The van der Waals surface area contributed by atoms with Crippen molar-refractivity contribution in [2.45, 2.75) is 39.5 Å². The molecule has 0 atom stereocenters. The number of carbonyl (C=O) groups excluding carboxylic acids is 2. The molecular formula is C19H21NO4S. The molecule has 0 aliphatic heterocycles. The van der Waals surface area contributed by atoms with E-state index in [-0.39, 0.29) is 31.0 Å². The summed E-state index contributed by atoms with van der Waals surface area (Å²) in [4.78, 5) is 37.0. The number of rotatable bonds is 8. The molecule has 5 nitrogen and oxygen atoms in total. The molecule has 0 fully saturated rings. The molecule has 0 saturated heterocycles. The second-order valence-electron chi connectivity index (χ2n) is 5.89. The number of amides is 1. The number of aryl methyl sites for hydroxylation is 3. The molecule has 0 spiro atoms. The van der Waals surface area contributed by atoms with E-state index in [2.05, 4.69) is 5.32 Å². The average Bonchev–Trinajstić information content (AvgIpc) is 2.89. The van der Waals surface area contributed by atoms with Crippen LogP contribution in [0.1, 0.15) is 44.9 Å². The molecule has 1 amide bonds. The molecule has 2 rings (SSSR count). The Labute approximate surface area is 150 Å². The maximum Gasteiger partial charge on any atom is 0.303 e. The number of thiophene rings is 1. The zero-order chi connectivity index (χ0) is 18.4. The molecule has 0 bridgehead atoms. The van der Waals surface area contributed by atoms with Gasteiger partial charge in [-0.2, -0.15) is 0 Å². The third-order valence-corrected chi connectivity index (χ3v) is 4.72. The van der Waals surface area contributed by atoms with Gasteiger partial charge in [-0.15, -0.1) is 11.3 Å². The van der Waals surface area contributed by atoms with Gasteiger partial charge in [-0.25, -0.2) is 0 Å². The number of anilines is 1. The molecular weight excluding hydrogens is 338 g/mol. The summed E-state index contributed by atoms with van der Waals surface area (Å²) in [6.07, 6.45) is 0.744. The molecule has 2 aromatic rings. The summed E-state index contributed by atoms with van der Waals surface area (Å²) in [5, 5.41) is 11.5. The maximum absolute atomic E-state index is 12.2. The summed E-state index contributed by atoms with van der Waals surface area (Å²) in [5.41, 5.74) is 2.16. The van der Waals surface area contributed by atoms with Gasteiger partial charge in [0.15, 0.2) is 5.78 Å². The molecule has 1 heterocycles. The Morgan fingerprint density at radius 3 is 2.48 bits per heavy atom. The fourth-order valence-electron chi connectivity index (χ4n) is 2.55. The second-order valence-corrected chi connectivity index (χ2v) is 7.35. The predicted octanol–water partition coefficient (Wildman–Crippen LogP) is 3.98. The molecule has 1 aromatic carbocycles. The van der Waals surface area contributed by atoms with Crippen molar-refractivity contribution in [2.24, 2.45) is 0 Å².